The Balaban J connectivity index is 2.34. The molecule has 1 atom stereocenters. The van der Waals surface area contributed by atoms with Crippen LogP contribution in [0.1, 0.15) is 23.7 Å². The van der Waals surface area contributed by atoms with Gasteiger partial charge >= 0.3 is 5.97 Å². The lowest BCUT2D eigenvalue weighted by atomic mass is 9.91. The molecule has 3 aromatic rings. The van der Waals surface area contributed by atoms with Gasteiger partial charge in [0, 0.05) is 0 Å². The monoisotopic (exact) mass is 325 g/mol. The van der Waals surface area contributed by atoms with Crippen LogP contribution in [0.5, 0.6) is 0 Å². The van der Waals surface area contributed by atoms with Gasteiger partial charge in [0.25, 0.3) is 0 Å². The molecule has 0 saturated heterocycles. The zero-order valence-electron chi connectivity index (χ0n) is 14.1. The number of hydrogen-bond donors (Lipinski definition) is 1. The van der Waals surface area contributed by atoms with Gasteiger partial charge in [-0.15, -0.1) is 0 Å². The van der Waals surface area contributed by atoms with Crippen LogP contribution in [0.3, 0.4) is 0 Å². The number of benzene rings is 1. The zero-order valence-corrected chi connectivity index (χ0v) is 14.1. The first kappa shape index (κ1) is 15.9. The summed E-state index contributed by atoms with van der Waals surface area (Å²) in [6.07, 6.45) is 1.64. The average Bonchev–Trinajstić information content (AvgIpc) is 2.97. The third-order valence-corrected chi connectivity index (χ3v) is 4.22. The fraction of sp³-hybridized carbons (Fsp3) is 0.294. The molecule has 2 aromatic heterocycles. The van der Waals surface area contributed by atoms with Crippen LogP contribution >= 0.6 is 0 Å². The summed E-state index contributed by atoms with van der Waals surface area (Å²) in [7, 11) is 1.36. The molecule has 1 unspecified atom stereocenters. The number of esters is 1. The Labute approximate surface area is 139 Å². The van der Waals surface area contributed by atoms with Crippen molar-refractivity contribution in [2.75, 3.05) is 12.8 Å². The molecule has 0 aliphatic carbocycles. The molecule has 7 nitrogen and oxygen atoms in total. The Morgan fingerprint density at radius 2 is 2.04 bits per heavy atom. The van der Waals surface area contributed by atoms with Crippen molar-refractivity contribution in [1.82, 2.24) is 19.7 Å². The molecule has 0 fully saturated rings. The minimum Gasteiger partial charge on any atom is -0.467 e. The van der Waals surface area contributed by atoms with Crippen molar-refractivity contribution in [2.45, 2.75) is 26.3 Å². The Morgan fingerprint density at radius 3 is 2.71 bits per heavy atom. The minimum absolute atomic E-state index is 0.137. The Morgan fingerprint density at radius 1 is 1.29 bits per heavy atom. The lowest BCUT2D eigenvalue weighted by molar-refractivity contribution is -0.148. The number of nitrogen functional groups attached to an aromatic ring is 1. The van der Waals surface area contributed by atoms with Crippen molar-refractivity contribution in [3.8, 4) is 0 Å². The van der Waals surface area contributed by atoms with Gasteiger partial charge in [0.05, 0.1) is 24.4 Å². The van der Waals surface area contributed by atoms with E-state index in [1.807, 2.05) is 38.1 Å². The number of methoxy groups -OCH3 is 1. The summed E-state index contributed by atoms with van der Waals surface area (Å²) in [6.45, 7) is 5.55. The number of anilines is 1. The summed E-state index contributed by atoms with van der Waals surface area (Å²) < 4.78 is 6.62. The summed E-state index contributed by atoms with van der Waals surface area (Å²) in [5.74, 6) is -0.300. The quantitative estimate of drug-likeness (QED) is 0.740. The SMILES string of the molecule is COC(=O)C(C)(c1cccc(C)c1)n1ncc2c(C)nc(N)nc21. The molecule has 0 bridgehead atoms. The molecule has 2 heterocycles. The molecule has 124 valence electrons. The van der Waals surface area contributed by atoms with E-state index in [-0.39, 0.29) is 5.95 Å². The van der Waals surface area contributed by atoms with Crippen molar-refractivity contribution in [3.05, 3.63) is 47.3 Å². The number of hydrogen-bond acceptors (Lipinski definition) is 6. The highest BCUT2D eigenvalue weighted by atomic mass is 16.5. The fourth-order valence-corrected chi connectivity index (χ4v) is 2.87. The van der Waals surface area contributed by atoms with Gasteiger partial charge in [-0.25, -0.2) is 14.5 Å². The van der Waals surface area contributed by atoms with E-state index in [0.29, 0.717) is 11.3 Å². The summed E-state index contributed by atoms with van der Waals surface area (Å²) >= 11 is 0. The first-order chi connectivity index (χ1) is 11.4. The molecule has 2 N–H and O–H groups in total. The number of fused-ring (bicyclic) bond motifs is 1. The lowest BCUT2D eigenvalue weighted by Crippen LogP contribution is -2.42. The van der Waals surface area contributed by atoms with Gasteiger partial charge in [0.15, 0.2) is 11.2 Å². The van der Waals surface area contributed by atoms with E-state index in [9.17, 15) is 4.79 Å². The molecule has 0 aliphatic heterocycles. The van der Waals surface area contributed by atoms with Crippen molar-refractivity contribution in [1.29, 1.82) is 0 Å². The summed E-state index contributed by atoms with van der Waals surface area (Å²) in [5.41, 5.74) is 7.61. The molecule has 0 saturated carbocycles. The molecule has 7 heteroatoms. The summed E-state index contributed by atoms with van der Waals surface area (Å²) in [5, 5.41) is 5.14. The Bertz CT molecular complexity index is 934. The number of nitrogens with two attached hydrogens (primary N) is 1. The summed E-state index contributed by atoms with van der Waals surface area (Å²) in [6, 6.07) is 7.66. The van der Waals surface area contributed by atoms with Crippen LogP contribution in [0.25, 0.3) is 11.0 Å². The normalized spacial score (nSPS) is 13.7. The highest BCUT2D eigenvalue weighted by Crippen LogP contribution is 2.31. The molecule has 24 heavy (non-hydrogen) atoms. The van der Waals surface area contributed by atoms with Gasteiger partial charge < -0.3 is 10.5 Å². The predicted molar refractivity (Wildman–Crippen MR) is 90.4 cm³/mol. The van der Waals surface area contributed by atoms with Crippen LogP contribution in [-0.4, -0.2) is 32.8 Å². The second-order valence-electron chi connectivity index (χ2n) is 5.89. The zero-order chi connectivity index (χ0) is 17.5. The standard InChI is InChI=1S/C17H19N5O2/c1-10-6-5-7-12(8-10)17(3,15(23)24-4)22-14-13(9-19-22)11(2)20-16(18)21-14/h5-9H,1-4H3,(H2,18,20,21). The third-order valence-electron chi connectivity index (χ3n) is 4.22. The fourth-order valence-electron chi connectivity index (χ4n) is 2.87. The molecule has 0 radical (unpaired) electrons. The average molecular weight is 325 g/mol. The molecule has 0 aliphatic rings. The van der Waals surface area contributed by atoms with Crippen LogP contribution in [0.15, 0.2) is 30.5 Å². The number of nitrogens with zero attached hydrogens (tertiary/aromatic N) is 4. The number of ether oxygens (including phenoxy) is 1. The van der Waals surface area contributed by atoms with Crippen molar-refractivity contribution in [2.24, 2.45) is 0 Å². The predicted octanol–water partition coefficient (Wildman–Crippen LogP) is 1.96. The number of aromatic nitrogens is 4. The molecule has 1 aromatic carbocycles. The Kier molecular flexibility index (Phi) is 3.71. The number of rotatable bonds is 3. The van der Waals surface area contributed by atoms with Gasteiger partial charge in [0.2, 0.25) is 5.95 Å². The largest absolute Gasteiger partial charge is 0.467 e. The first-order valence-electron chi connectivity index (χ1n) is 7.52. The van der Waals surface area contributed by atoms with Gasteiger partial charge in [-0.1, -0.05) is 29.8 Å². The topological polar surface area (TPSA) is 95.9 Å². The minimum atomic E-state index is -1.17. The van der Waals surface area contributed by atoms with Gasteiger partial charge in [0.1, 0.15) is 0 Å². The maximum Gasteiger partial charge on any atom is 0.338 e. The summed E-state index contributed by atoms with van der Waals surface area (Å²) in [4.78, 5) is 21.1. The smallest absolute Gasteiger partial charge is 0.338 e. The van der Waals surface area contributed by atoms with E-state index in [1.165, 1.54) is 7.11 Å². The first-order valence-corrected chi connectivity index (χ1v) is 7.52. The van der Waals surface area contributed by atoms with Crippen molar-refractivity contribution < 1.29 is 9.53 Å². The lowest BCUT2D eigenvalue weighted by Gasteiger charge is -2.28. The maximum atomic E-state index is 12.7. The van der Waals surface area contributed by atoms with Crippen LogP contribution in [-0.2, 0) is 15.1 Å². The third kappa shape index (κ3) is 2.29. The van der Waals surface area contributed by atoms with Crippen LogP contribution < -0.4 is 5.73 Å². The maximum absolute atomic E-state index is 12.7. The van der Waals surface area contributed by atoms with Gasteiger partial charge in [-0.3, -0.25) is 0 Å². The number of carbonyl (C=O) groups is 1. The van der Waals surface area contributed by atoms with Crippen LogP contribution in [0.2, 0.25) is 0 Å². The van der Waals surface area contributed by atoms with Crippen molar-refractivity contribution >= 4 is 23.0 Å². The molecular weight excluding hydrogens is 306 g/mol. The van der Waals surface area contributed by atoms with Crippen LogP contribution in [0.4, 0.5) is 5.95 Å². The van der Waals surface area contributed by atoms with E-state index in [2.05, 4.69) is 15.1 Å². The highest BCUT2D eigenvalue weighted by molar-refractivity contribution is 5.86. The highest BCUT2D eigenvalue weighted by Gasteiger charge is 2.41. The Hall–Kier alpha value is -2.96. The van der Waals surface area contributed by atoms with Crippen LogP contribution in [0, 0.1) is 13.8 Å². The van der Waals surface area contributed by atoms with E-state index in [4.69, 9.17) is 10.5 Å². The van der Waals surface area contributed by atoms with E-state index < -0.39 is 11.5 Å². The molecule has 3 rings (SSSR count). The van der Waals surface area contributed by atoms with E-state index >= 15 is 0 Å². The van der Waals surface area contributed by atoms with E-state index in [0.717, 1.165) is 16.5 Å². The molecule has 0 amide bonds. The number of aryl methyl sites for hydroxylation is 2. The van der Waals surface area contributed by atoms with E-state index in [1.54, 1.807) is 17.8 Å². The van der Waals surface area contributed by atoms with Gasteiger partial charge in [-0.2, -0.15) is 10.1 Å². The molecule has 0 spiro atoms. The second kappa shape index (κ2) is 5.59. The second-order valence-corrected chi connectivity index (χ2v) is 5.89. The number of carbonyl (C=O) groups excluding carboxylic acids is 1. The van der Waals surface area contributed by atoms with Crippen molar-refractivity contribution in [3.63, 3.8) is 0 Å². The van der Waals surface area contributed by atoms with Gasteiger partial charge in [-0.05, 0) is 26.3 Å². The molecular formula is C17H19N5O2.